The zero-order valence-corrected chi connectivity index (χ0v) is 39.2. The number of hydrogen-bond donors (Lipinski definition) is 2. The minimum Gasteiger partial charge on any atom is -0.429 e. The molecule has 4 atom stereocenters. The number of aliphatic hydroxyl groups excluding tert-OH is 2. The molecule has 3 aliphatic rings. The minimum absolute atomic E-state index is 0.0274. The summed E-state index contributed by atoms with van der Waals surface area (Å²) in [5.74, 6) is -19.4. The van der Waals surface area contributed by atoms with Crippen LogP contribution < -0.4 is 9.47 Å². The van der Waals surface area contributed by atoms with Crippen molar-refractivity contribution in [1.82, 2.24) is 0 Å². The Kier molecular flexibility index (Phi) is 21.3. The number of rotatable bonds is 16. The lowest BCUT2D eigenvalue weighted by Gasteiger charge is -2.37. The van der Waals surface area contributed by atoms with E-state index in [0.29, 0.717) is 42.7 Å². The molecule has 4 aromatic carbocycles. The standard InChI is InChI=1S/C25H25F7O4.C14H5F7O2.C11H22O3/c1-2-3-13-4-5-21(33-10-13)15-11-34-24(35-12-15)14-6-17(26)22(18(27)7-14)25(31,32)36-16-8-19(28)23(30)20(29)9-16;15-8-1-6(5-22)2-9(16)12(8)14(20,21)23-7-3-10(17)13(19)11(18)4-7;1-2-3-9-4-5-11(14-8-9)10(6-12)7-13/h6-9,13,15,21,24H,2-5,10-12H2,1H3;1-5H;9-13H,2-8H2,1H3. The quantitative estimate of drug-likeness (QED) is 0.0643. The van der Waals surface area contributed by atoms with Gasteiger partial charge in [-0.2, -0.15) is 17.6 Å². The Bertz CT molecular complexity index is 2340. The lowest BCUT2D eigenvalue weighted by Crippen LogP contribution is -2.40. The summed E-state index contributed by atoms with van der Waals surface area (Å²) in [6.45, 7) is 6.21. The number of halogens is 14. The molecule has 0 saturated carbocycles. The highest BCUT2D eigenvalue weighted by molar-refractivity contribution is 5.74. The highest BCUT2D eigenvalue weighted by Gasteiger charge is 2.44. The van der Waals surface area contributed by atoms with Crippen molar-refractivity contribution in [1.29, 1.82) is 0 Å². The van der Waals surface area contributed by atoms with Gasteiger partial charge in [-0.05, 0) is 74.6 Å². The molecule has 0 aromatic heterocycles. The molecule has 0 radical (unpaired) electrons. The van der Waals surface area contributed by atoms with Gasteiger partial charge in [-0.1, -0.05) is 26.7 Å². The maximum atomic E-state index is 14.6. The summed E-state index contributed by atoms with van der Waals surface area (Å²) in [6, 6.07) is 2.32. The fourth-order valence-electron chi connectivity index (χ4n) is 8.41. The first-order valence-electron chi connectivity index (χ1n) is 23.1. The molecule has 0 aliphatic carbocycles. The van der Waals surface area contributed by atoms with Crippen LogP contribution in [0.15, 0.2) is 48.5 Å². The fraction of sp³-hybridized carbons (Fsp3) is 0.500. The molecule has 23 heteroatoms. The van der Waals surface area contributed by atoms with Crippen LogP contribution in [0.2, 0.25) is 0 Å². The van der Waals surface area contributed by atoms with Crippen LogP contribution in [0.1, 0.15) is 98.6 Å². The fourth-order valence-corrected chi connectivity index (χ4v) is 8.41. The van der Waals surface area contributed by atoms with Gasteiger partial charge in [0, 0.05) is 60.4 Å². The van der Waals surface area contributed by atoms with Gasteiger partial charge in [0.05, 0.1) is 38.6 Å². The number of aliphatic hydroxyl groups is 2. The summed E-state index contributed by atoms with van der Waals surface area (Å²) in [4.78, 5) is 10.4. The molecule has 3 aliphatic heterocycles. The topological polar surface area (TPSA) is 113 Å². The van der Waals surface area contributed by atoms with Crippen molar-refractivity contribution in [3.8, 4) is 11.5 Å². The van der Waals surface area contributed by atoms with E-state index in [2.05, 4.69) is 23.3 Å². The van der Waals surface area contributed by atoms with E-state index >= 15 is 0 Å². The van der Waals surface area contributed by atoms with Gasteiger partial charge in [-0.25, -0.2) is 43.9 Å². The molecule has 0 spiro atoms. The Morgan fingerprint density at radius 2 is 0.973 bits per heavy atom. The van der Waals surface area contributed by atoms with Crippen LogP contribution in [0, 0.1) is 81.8 Å². The van der Waals surface area contributed by atoms with Gasteiger partial charge in [0.1, 0.15) is 52.2 Å². The Balaban J connectivity index is 0.000000227. The first kappa shape index (κ1) is 58.8. The first-order valence-corrected chi connectivity index (χ1v) is 23.1. The molecule has 0 amide bonds. The van der Waals surface area contributed by atoms with Crippen LogP contribution in [0.25, 0.3) is 0 Å². The zero-order valence-electron chi connectivity index (χ0n) is 39.2. The second-order valence-corrected chi connectivity index (χ2v) is 17.6. The number of aldehydes is 1. The largest absolute Gasteiger partial charge is 0.432 e. The van der Waals surface area contributed by atoms with E-state index in [4.69, 9.17) is 29.2 Å². The SMILES string of the molecule is CCCC1CCC(C(CO)CO)OC1.CCCC1CCC(C2COC(c3cc(F)c(C(F)(F)Oc4cc(F)c(F)c(F)c4)c(F)c3)OC2)OC1.O=Cc1cc(F)c(C(F)(F)Oc2cc(F)c(F)c(F)c2)c(F)c1. The monoisotopic (exact) mass is 1060 g/mol. The van der Waals surface area contributed by atoms with E-state index in [9.17, 15) is 66.3 Å². The van der Waals surface area contributed by atoms with Crippen molar-refractivity contribution < 1.29 is 105 Å². The van der Waals surface area contributed by atoms with Crippen molar-refractivity contribution in [2.75, 3.05) is 39.6 Å². The Morgan fingerprint density at radius 3 is 1.33 bits per heavy atom. The van der Waals surface area contributed by atoms with Crippen molar-refractivity contribution in [3.05, 3.63) is 129 Å². The highest BCUT2D eigenvalue weighted by atomic mass is 19.3. The highest BCUT2D eigenvalue weighted by Crippen LogP contribution is 2.40. The number of ether oxygens (including phenoxy) is 6. The number of hydrogen-bond acceptors (Lipinski definition) is 9. The number of carbonyl (C=O) groups is 1. The summed E-state index contributed by atoms with van der Waals surface area (Å²) in [5, 5.41) is 18.0. The number of alkyl halides is 4. The molecule has 7 rings (SSSR count). The lowest BCUT2D eigenvalue weighted by atomic mass is 9.89. The van der Waals surface area contributed by atoms with Gasteiger partial charge in [-0.3, -0.25) is 4.79 Å². The third kappa shape index (κ3) is 15.5. The van der Waals surface area contributed by atoms with Crippen LogP contribution in [0.4, 0.5) is 61.5 Å². The lowest BCUT2D eigenvalue weighted by molar-refractivity contribution is -0.228. The van der Waals surface area contributed by atoms with Gasteiger partial charge in [0.25, 0.3) is 0 Å². The number of carbonyl (C=O) groups excluding carboxylic acids is 1. The Morgan fingerprint density at radius 1 is 0.562 bits per heavy atom. The predicted molar refractivity (Wildman–Crippen MR) is 230 cm³/mol. The molecule has 73 heavy (non-hydrogen) atoms. The molecular formula is C50H52F14O9. The molecule has 4 aromatic rings. The molecule has 0 bridgehead atoms. The zero-order chi connectivity index (χ0) is 53.8. The van der Waals surface area contributed by atoms with Crippen LogP contribution in [-0.2, 0) is 31.2 Å². The normalized spacial score (nSPS) is 21.4. The van der Waals surface area contributed by atoms with E-state index in [-0.39, 0.29) is 86.6 Å². The first-order chi connectivity index (χ1) is 34.5. The average molecular weight is 1060 g/mol. The smallest absolute Gasteiger partial charge is 0.429 e. The third-order valence-electron chi connectivity index (χ3n) is 12.2. The van der Waals surface area contributed by atoms with E-state index in [0.717, 1.165) is 38.7 Å². The Labute approximate surface area is 410 Å². The van der Waals surface area contributed by atoms with Gasteiger partial charge in [0.2, 0.25) is 0 Å². The van der Waals surface area contributed by atoms with Gasteiger partial charge in [-0.15, -0.1) is 0 Å². The van der Waals surface area contributed by atoms with Gasteiger partial charge in [0.15, 0.2) is 41.2 Å². The molecule has 2 N–H and O–H groups in total. The van der Waals surface area contributed by atoms with Crippen LogP contribution in [0.3, 0.4) is 0 Å². The van der Waals surface area contributed by atoms with E-state index in [1.165, 1.54) is 19.3 Å². The second-order valence-electron chi connectivity index (χ2n) is 17.6. The van der Waals surface area contributed by atoms with E-state index in [1.807, 2.05) is 0 Å². The van der Waals surface area contributed by atoms with Crippen LogP contribution in [-0.4, -0.2) is 68.3 Å². The molecular weight excluding hydrogens is 1010 g/mol. The van der Waals surface area contributed by atoms with Gasteiger partial charge >= 0.3 is 12.2 Å². The average Bonchev–Trinajstić information content (AvgIpc) is 3.33. The van der Waals surface area contributed by atoms with Crippen molar-refractivity contribution in [2.45, 2.75) is 95.9 Å². The minimum atomic E-state index is -4.67. The van der Waals surface area contributed by atoms with Crippen LogP contribution in [0.5, 0.6) is 11.5 Å². The summed E-state index contributed by atoms with van der Waals surface area (Å²) in [6.07, 6.45) is -1.84. The predicted octanol–water partition coefficient (Wildman–Crippen LogP) is 12.3. The van der Waals surface area contributed by atoms with Crippen LogP contribution >= 0.6 is 0 Å². The summed E-state index contributed by atoms with van der Waals surface area (Å²) >= 11 is 0. The van der Waals surface area contributed by atoms with Crippen molar-refractivity contribution >= 4 is 6.29 Å². The van der Waals surface area contributed by atoms with Crippen molar-refractivity contribution in [2.24, 2.45) is 23.7 Å². The number of benzene rings is 4. The second kappa shape index (κ2) is 26.4. The summed E-state index contributed by atoms with van der Waals surface area (Å²) < 4.78 is 222. The molecule has 3 fully saturated rings. The maximum absolute atomic E-state index is 14.6. The molecule has 404 valence electrons. The van der Waals surface area contributed by atoms with Crippen molar-refractivity contribution in [3.63, 3.8) is 0 Å². The summed E-state index contributed by atoms with van der Waals surface area (Å²) in [7, 11) is 0. The molecule has 9 nitrogen and oxygen atoms in total. The Hall–Kier alpha value is -5.07. The van der Waals surface area contributed by atoms with E-state index in [1.54, 1.807) is 0 Å². The molecule has 3 heterocycles. The molecule has 4 unspecified atom stereocenters. The molecule has 3 saturated heterocycles. The van der Waals surface area contributed by atoms with Gasteiger partial charge < -0.3 is 38.6 Å². The summed E-state index contributed by atoms with van der Waals surface area (Å²) in [5.41, 5.74) is -4.37. The maximum Gasteiger partial charge on any atom is 0.432 e. The van der Waals surface area contributed by atoms with E-state index < -0.39 is 105 Å². The third-order valence-corrected chi connectivity index (χ3v) is 12.2.